The molecule has 4 heteroatoms. The van der Waals surface area contributed by atoms with Crippen molar-refractivity contribution in [3.63, 3.8) is 0 Å². The first kappa shape index (κ1) is 23.8. The van der Waals surface area contributed by atoms with Crippen LogP contribution in [0.1, 0.15) is 88.3 Å². The highest BCUT2D eigenvalue weighted by Gasteiger charge is 2.36. The summed E-state index contributed by atoms with van der Waals surface area (Å²) >= 11 is 0. The van der Waals surface area contributed by atoms with Crippen molar-refractivity contribution in [1.82, 2.24) is 0 Å². The molecular weight excluding hydrogens is 376 g/mol. The zero-order valence-corrected chi connectivity index (χ0v) is 19.8. The maximum absolute atomic E-state index is 11.9. The van der Waals surface area contributed by atoms with E-state index < -0.39 is 11.4 Å². The summed E-state index contributed by atoms with van der Waals surface area (Å²) in [5.41, 5.74) is 3.29. The smallest absolute Gasteiger partial charge is 0.304 e. The first-order valence-corrected chi connectivity index (χ1v) is 10.4. The Bertz CT molecular complexity index is 902. The fourth-order valence-electron chi connectivity index (χ4n) is 4.01. The lowest BCUT2D eigenvalue weighted by molar-refractivity contribution is -0.138. The molecular formula is C26H36O4. The van der Waals surface area contributed by atoms with Gasteiger partial charge in [-0.15, -0.1) is 0 Å². The molecule has 164 valence electrons. The fourth-order valence-corrected chi connectivity index (χ4v) is 4.01. The molecule has 2 aromatic rings. The van der Waals surface area contributed by atoms with Crippen LogP contribution in [0.15, 0.2) is 24.3 Å². The largest absolute Gasteiger partial charge is 0.507 e. The number of benzene rings is 2. The second-order valence-corrected chi connectivity index (χ2v) is 10.8. The van der Waals surface area contributed by atoms with E-state index >= 15 is 0 Å². The van der Waals surface area contributed by atoms with Gasteiger partial charge in [0.1, 0.15) is 11.5 Å². The molecule has 0 aliphatic rings. The van der Waals surface area contributed by atoms with E-state index in [1.807, 2.05) is 86.6 Å². The Kier molecular flexibility index (Phi) is 6.06. The third-order valence-corrected chi connectivity index (χ3v) is 6.00. The van der Waals surface area contributed by atoms with Crippen LogP contribution < -0.4 is 0 Å². The number of aliphatic carboxylic acids is 1. The Hall–Kier alpha value is -2.49. The lowest BCUT2D eigenvalue weighted by Crippen LogP contribution is -2.29. The molecule has 2 aromatic carbocycles. The third-order valence-electron chi connectivity index (χ3n) is 6.00. The molecule has 0 bridgehead atoms. The third kappa shape index (κ3) is 4.48. The lowest BCUT2D eigenvalue weighted by Gasteiger charge is -2.34. The number of aromatic hydroxyl groups is 2. The SMILES string of the molecule is Cc1cc(C(C)(CC(=O)O)c2cc(C)c(O)c(C(C)(C)C)c2)cc(C(C)(C)C)c1O. The van der Waals surface area contributed by atoms with Gasteiger partial charge >= 0.3 is 5.97 Å². The minimum absolute atomic E-state index is 0.103. The van der Waals surface area contributed by atoms with Gasteiger partial charge in [-0.2, -0.15) is 0 Å². The Morgan fingerprint density at radius 2 is 1.07 bits per heavy atom. The van der Waals surface area contributed by atoms with Crippen LogP contribution in [0.5, 0.6) is 11.5 Å². The van der Waals surface area contributed by atoms with E-state index in [9.17, 15) is 20.1 Å². The van der Waals surface area contributed by atoms with Gasteiger partial charge in [0.05, 0.1) is 6.42 Å². The summed E-state index contributed by atoms with van der Waals surface area (Å²) in [6.45, 7) is 17.8. The molecule has 0 saturated carbocycles. The van der Waals surface area contributed by atoms with Gasteiger partial charge in [-0.05, 0) is 58.1 Å². The summed E-state index contributed by atoms with van der Waals surface area (Å²) in [4.78, 5) is 11.9. The number of carboxylic acids is 1. The Labute approximate surface area is 180 Å². The van der Waals surface area contributed by atoms with Crippen LogP contribution in [0.2, 0.25) is 0 Å². The average molecular weight is 413 g/mol. The molecule has 0 unspecified atom stereocenters. The van der Waals surface area contributed by atoms with Crippen molar-refractivity contribution in [3.8, 4) is 11.5 Å². The molecule has 0 atom stereocenters. The summed E-state index contributed by atoms with van der Waals surface area (Å²) in [6.07, 6.45) is -0.103. The van der Waals surface area contributed by atoms with Crippen molar-refractivity contribution >= 4 is 5.97 Å². The van der Waals surface area contributed by atoms with Gasteiger partial charge in [-0.25, -0.2) is 0 Å². The second kappa shape index (κ2) is 7.64. The molecule has 0 spiro atoms. The topological polar surface area (TPSA) is 77.8 Å². The van der Waals surface area contributed by atoms with Crippen LogP contribution >= 0.6 is 0 Å². The van der Waals surface area contributed by atoms with Crippen molar-refractivity contribution in [3.05, 3.63) is 57.6 Å². The van der Waals surface area contributed by atoms with Gasteiger partial charge < -0.3 is 15.3 Å². The normalized spacial score (nSPS) is 12.8. The summed E-state index contributed by atoms with van der Waals surface area (Å²) in [5, 5.41) is 31.1. The molecule has 0 radical (unpaired) electrons. The van der Waals surface area contributed by atoms with Crippen LogP contribution in [0.25, 0.3) is 0 Å². The number of phenols is 2. The van der Waals surface area contributed by atoms with Gasteiger partial charge in [0.15, 0.2) is 0 Å². The molecule has 0 fully saturated rings. The second-order valence-electron chi connectivity index (χ2n) is 10.8. The molecule has 0 aliphatic heterocycles. The molecule has 0 aliphatic carbocycles. The van der Waals surface area contributed by atoms with Crippen molar-refractivity contribution in [1.29, 1.82) is 0 Å². The first-order chi connectivity index (χ1) is 13.5. The molecule has 0 saturated heterocycles. The maximum Gasteiger partial charge on any atom is 0.304 e. The average Bonchev–Trinajstić information content (AvgIpc) is 2.56. The van der Waals surface area contributed by atoms with E-state index in [0.717, 1.165) is 33.4 Å². The summed E-state index contributed by atoms with van der Waals surface area (Å²) < 4.78 is 0. The zero-order valence-electron chi connectivity index (χ0n) is 19.8. The summed E-state index contributed by atoms with van der Waals surface area (Å²) in [5.74, 6) is -0.397. The number of aryl methyl sites for hydroxylation is 2. The van der Waals surface area contributed by atoms with Gasteiger partial charge in [0.2, 0.25) is 0 Å². The minimum Gasteiger partial charge on any atom is -0.507 e. The molecule has 3 N–H and O–H groups in total. The highest BCUT2D eigenvalue weighted by molar-refractivity contribution is 5.71. The van der Waals surface area contributed by atoms with Gasteiger partial charge in [-0.1, -0.05) is 72.7 Å². The van der Waals surface area contributed by atoms with Crippen molar-refractivity contribution in [2.45, 2.75) is 85.0 Å². The van der Waals surface area contributed by atoms with E-state index in [-0.39, 0.29) is 28.7 Å². The van der Waals surface area contributed by atoms with Crippen molar-refractivity contribution in [2.75, 3.05) is 0 Å². The number of hydrogen-bond acceptors (Lipinski definition) is 3. The van der Waals surface area contributed by atoms with Crippen LogP contribution in [-0.4, -0.2) is 21.3 Å². The van der Waals surface area contributed by atoms with E-state index in [2.05, 4.69) is 0 Å². The predicted molar refractivity (Wildman–Crippen MR) is 122 cm³/mol. The molecule has 0 aromatic heterocycles. The summed E-state index contributed by atoms with van der Waals surface area (Å²) in [7, 11) is 0. The highest BCUT2D eigenvalue weighted by atomic mass is 16.4. The molecule has 0 amide bonds. The number of carbonyl (C=O) groups is 1. The van der Waals surface area contributed by atoms with Gasteiger partial charge in [-0.3, -0.25) is 4.79 Å². The van der Waals surface area contributed by atoms with Gasteiger partial charge in [0.25, 0.3) is 0 Å². The monoisotopic (exact) mass is 412 g/mol. The molecule has 0 heterocycles. The van der Waals surface area contributed by atoms with Crippen LogP contribution in [0.4, 0.5) is 0 Å². The molecule has 4 nitrogen and oxygen atoms in total. The van der Waals surface area contributed by atoms with E-state index in [4.69, 9.17) is 0 Å². The number of rotatable bonds is 4. The van der Waals surface area contributed by atoms with Gasteiger partial charge in [0, 0.05) is 5.41 Å². The number of carboxylic acid groups (broad SMARTS) is 1. The Morgan fingerprint density at radius 1 is 0.733 bits per heavy atom. The fraction of sp³-hybridized carbons (Fsp3) is 0.500. The van der Waals surface area contributed by atoms with Crippen molar-refractivity contribution < 1.29 is 20.1 Å². The standard InChI is InChI=1S/C26H36O4/c1-15-10-17(12-19(22(15)29)24(3,4)5)26(9,14-21(27)28)18-11-16(2)23(30)20(13-18)25(6,7)8/h10-13,29-30H,14H2,1-9H3,(H,27,28). The maximum atomic E-state index is 11.9. The van der Waals surface area contributed by atoms with E-state index in [1.165, 1.54) is 0 Å². The zero-order chi connectivity index (χ0) is 23.2. The quantitative estimate of drug-likeness (QED) is 0.568. The summed E-state index contributed by atoms with van der Waals surface area (Å²) in [6, 6.07) is 7.63. The van der Waals surface area contributed by atoms with E-state index in [1.54, 1.807) is 0 Å². The first-order valence-electron chi connectivity index (χ1n) is 10.4. The lowest BCUT2D eigenvalue weighted by atomic mass is 9.69. The highest BCUT2D eigenvalue weighted by Crippen LogP contribution is 2.44. The minimum atomic E-state index is -0.899. The Morgan fingerprint density at radius 3 is 1.33 bits per heavy atom. The van der Waals surface area contributed by atoms with Crippen LogP contribution in [0.3, 0.4) is 0 Å². The van der Waals surface area contributed by atoms with Crippen LogP contribution in [0, 0.1) is 13.8 Å². The Balaban J connectivity index is 2.89. The predicted octanol–water partition coefficient (Wildman–Crippen LogP) is 6.09. The molecule has 30 heavy (non-hydrogen) atoms. The van der Waals surface area contributed by atoms with Crippen LogP contribution in [-0.2, 0) is 21.0 Å². The molecule has 2 rings (SSSR count). The number of hydrogen-bond donors (Lipinski definition) is 3. The number of phenolic OH excluding ortho intramolecular Hbond substituents is 2. The van der Waals surface area contributed by atoms with Crippen molar-refractivity contribution in [2.24, 2.45) is 0 Å². The van der Waals surface area contributed by atoms with E-state index in [0.29, 0.717) is 0 Å².